The highest BCUT2D eigenvalue weighted by molar-refractivity contribution is 7.99. The molecular formula is C14H27NS. The van der Waals surface area contributed by atoms with Crippen LogP contribution in [0.2, 0.25) is 0 Å². The summed E-state index contributed by atoms with van der Waals surface area (Å²) in [6.45, 7) is 6.06. The van der Waals surface area contributed by atoms with Gasteiger partial charge in [-0.1, -0.05) is 26.7 Å². The lowest BCUT2D eigenvalue weighted by Crippen LogP contribution is -2.38. The Labute approximate surface area is 105 Å². The van der Waals surface area contributed by atoms with Crippen LogP contribution in [0, 0.1) is 17.8 Å². The molecule has 2 aliphatic rings. The molecule has 2 fully saturated rings. The third-order valence-electron chi connectivity index (χ3n) is 4.38. The van der Waals surface area contributed by atoms with E-state index in [-0.39, 0.29) is 0 Å². The van der Waals surface area contributed by atoms with Gasteiger partial charge in [0.25, 0.3) is 0 Å². The molecule has 0 spiro atoms. The number of rotatable bonds is 4. The van der Waals surface area contributed by atoms with Crippen molar-refractivity contribution >= 4 is 11.8 Å². The summed E-state index contributed by atoms with van der Waals surface area (Å²) in [7, 11) is 0. The van der Waals surface area contributed by atoms with Crippen LogP contribution in [-0.4, -0.2) is 24.1 Å². The Morgan fingerprint density at radius 1 is 1.25 bits per heavy atom. The topological polar surface area (TPSA) is 12.0 Å². The maximum absolute atomic E-state index is 3.84. The first-order valence-electron chi connectivity index (χ1n) is 7.07. The minimum Gasteiger partial charge on any atom is -0.314 e. The minimum absolute atomic E-state index is 0.826. The van der Waals surface area contributed by atoms with Gasteiger partial charge in [-0.05, 0) is 55.1 Å². The Kier molecular flexibility index (Phi) is 5.02. The molecule has 0 amide bonds. The first-order chi connectivity index (χ1) is 7.75. The van der Waals surface area contributed by atoms with E-state index in [1.54, 1.807) is 0 Å². The van der Waals surface area contributed by atoms with Gasteiger partial charge in [0.05, 0.1) is 0 Å². The van der Waals surface area contributed by atoms with E-state index >= 15 is 0 Å². The first kappa shape index (κ1) is 12.8. The van der Waals surface area contributed by atoms with Gasteiger partial charge in [0.15, 0.2) is 0 Å². The predicted molar refractivity (Wildman–Crippen MR) is 74.0 cm³/mol. The van der Waals surface area contributed by atoms with E-state index < -0.39 is 0 Å². The molecule has 16 heavy (non-hydrogen) atoms. The fourth-order valence-electron chi connectivity index (χ4n) is 3.10. The summed E-state index contributed by atoms with van der Waals surface area (Å²) < 4.78 is 0. The molecule has 0 bridgehead atoms. The van der Waals surface area contributed by atoms with Crippen molar-refractivity contribution in [3.63, 3.8) is 0 Å². The van der Waals surface area contributed by atoms with Crippen LogP contribution in [0.15, 0.2) is 0 Å². The SMILES string of the molecule is CC(C)C1CCCC(NCC2CCSC2)C1. The highest BCUT2D eigenvalue weighted by atomic mass is 32.2. The Balaban J connectivity index is 1.68. The van der Waals surface area contributed by atoms with Gasteiger partial charge in [-0.25, -0.2) is 0 Å². The molecule has 1 heterocycles. The Morgan fingerprint density at radius 2 is 2.12 bits per heavy atom. The van der Waals surface area contributed by atoms with Crippen LogP contribution in [0.5, 0.6) is 0 Å². The maximum atomic E-state index is 3.84. The highest BCUT2D eigenvalue weighted by Gasteiger charge is 2.24. The van der Waals surface area contributed by atoms with E-state index in [1.807, 2.05) is 0 Å². The van der Waals surface area contributed by atoms with Gasteiger partial charge in [-0.15, -0.1) is 0 Å². The van der Waals surface area contributed by atoms with Gasteiger partial charge in [-0.2, -0.15) is 11.8 Å². The van der Waals surface area contributed by atoms with Crippen LogP contribution in [0.1, 0.15) is 46.0 Å². The molecule has 94 valence electrons. The summed E-state index contributed by atoms with van der Waals surface area (Å²) in [6, 6.07) is 0.826. The molecule has 2 heteroatoms. The monoisotopic (exact) mass is 241 g/mol. The molecule has 1 saturated carbocycles. The van der Waals surface area contributed by atoms with Crippen LogP contribution >= 0.6 is 11.8 Å². The van der Waals surface area contributed by atoms with Crippen LogP contribution in [0.25, 0.3) is 0 Å². The van der Waals surface area contributed by atoms with Gasteiger partial charge >= 0.3 is 0 Å². The standard InChI is InChI=1S/C14H27NS/c1-11(2)13-4-3-5-14(8-13)15-9-12-6-7-16-10-12/h11-15H,3-10H2,1-2H3. The maximum Gasteiger partial charge on any atom is 0.00699 e. The van der Waals surface area contributed by atoms with Gasteiger partial charge in [-0.3, -0.25) is 0 Å². The second-order valence-electron chi connectivity index (χ2n) is 6.01. The van der Waals surface area contributed by atoms with Crippen molar-refractivity contribution in [2.75, 3.05) is 18.1 Å². The first-order valence-corrected chi connectivity index (χ1v) is 8.22. The third kappa shape index (κ3) is 3.66. The van der Waals surface area contributed by atoms with Crippen LogP contribution in [-0.2, 0) is 0 Å². The van der Waals surface area contributed by atoms with Crippen molar-refractivity contribution in [2.45, 2.75) is 52.0 Å². The van der Waals surface area contributed by atoms with E-state index in [9.17, 15) is 0 Å². The largest absolute Gasteiger partial charge is 0.314 e. The van der Waals surface area contributed by atoms with Crippen molar-refractivity contribution in [3.05, 3.63) is 0 Å². The number of hydrogen-bond acceptors (Lipinski definition) is 2. The fourth-order valence-corrected chi connectivity index (χ4v) is 4.38. The highest BCUT2D eigenvalue weighted by Crippen LogP contribution is 2.30. The summed E-state index contributed by atoms with van der Waals surface area (Å²) in [5, 5.41) is 3.84. The quantitative estimate of drug-likeness (QED) is 0.808. The zero-order valence-electron chi connectivity index (χ0n) is 10.9. The summed E-state index contributed by atoms with van der Waals surface area (Å²) in [5.41, 5.74) is 0. The predicted octanol–water partition coefficient (Wildman–Crippen LogP) is 3.54. The van der Waals surface area contributed by atoms with Crippen molar-refractivity contribution in [1.82, 2.24) is 5.32 Å². The zero-order chi connectivity index (χ0) is 11.4. The number of hydrogen-bond donors (Lipinski definition) is 1. The second kappa shape index (κ2) is 6.30. The molecule has 3 atom stereocenters. The second-order valence-corrected chi connectivity index (χ2v) is 7.16. The van der Waals surface area contributed by atoms with Crippen LogP contribution in [0.3, 0.4) is 0 Å². The lowest BCUT2D eigenvalue weighted by molar-refractivity contribution is 0.227. The Morgan fingerprint density at radius 3 is 2.81 bits per heavy atom. The average molecular weight is 241 g/mol. The lowest BCUT2D eigenvalue weighted by Gasteiger charge is -2.32. The lowest BCUT2D eigenvalue weighted by atomic mass is 9.79. The van der Waals surface area contributed by atoms with Gasteiger partial charge in [0, 0.05) is 6.04 Å². The molecule has 1 N–H and O–H groups in total. The van der Waals surface area contributed by atoms with E-state index in [0.717, 1.165) is 23.8 Å². The van der Waals surface area contributed by atoms with Crippen molar-refractivity contribution < 1.29 is 0 Å². The molecule has 0 aromatic heterocycles. The van der Waals surface area contributed by atoms with Crippen molar-refractivity contribution in [1.29, 1.82) is 0 Å². The van der Waals surface area contributed by atoms with E-state index in [0.29, 0.717) is 0 Å². The molecule has 0 radical (unpaired) electrons. The van der Waals surface area contributed by atoms with Gasteiger partial charge < -0.3 is 5.32 Å². The van der Waals surface area contributed by atoms with Crippen molar-refractivity contribution in [2.24, 2.45) is 17.8 Å². The Hall–Kier alpha value is 0.310. The summed E-state index contributed by atoms with van der Waals surface area (Å²) >= 11 is 2.13. The molecule has 3 unspecified atom stereocenters. The summed E-state index contributed by atoms with van der Waals surface area (Å²) in [4.78, 5) is 0. The van der Waals surface area contributed by atoms with E-state index in [2.05, 4.69) is 30.9 Å². The van der Waals surface area contributed by atoms with E-state index in [1.165, 1.54) is 50.2 Å². The molecule has 1 nitrogen and oxygen atoms in total. The minimum atomic E-state index is 0.826. The average Bonchev–Trinajstić information content (AvgIpc) is 2.79. The number of nitrogens with one attached hydrogen (secondary N) is 1. The van der Waals surface area contributed by atoms with Crippen LogP contribution < -0.4 is 5.32 Å². The van der Waals surface area contributed by atoms with Crippen LogP contribution in [0.4, 0.5) is 0 Å². The van der Waals surface area contributed by atoms with E-state index in [4.69, 9.17) is 0 Å². The normalized spacial score (nSPS) is 35.8. The fraction of sp³-hybridized carbons (Fsp3) is 1.00. The molecule has 1 saturated heterocycles. The Bertz CT molecular complexity index is 199. The molecule has 0 aromatic carbocycles. The molecule has 2 rings (SSSR count). The molecule has 1 aliphatic heterocycles. The summed E-state index contributed by atoms with van der Waals surface area (Å²) in [6.07, 6.45) is 7.20. The molecule has 0 aromatic rings. The summed E-state index contributed by atoms with van der Waals surface area (Å²) in [5.74, 6) is 5.61. The molecular weight excluding hydrogens is 214 g/mol. The molecule has 1 aliphatic carbocycles. The van der Waals surface area contributed by atoms with Gasteiger partial charge in [0.2, 0.25) is 0 Å². The van der Waals surface area contributed by atoms with Gasteiger partial charge in [0.1, 0.15) is 0 Å². The number of thioether (sulfide) groups is 1. The zero-order valence-corrected chi connectivity index (χ0v) is 11.7. The third-order valence-corrected chi connectivity index (χ3v) is 5.61. The van der Waals surface area contributed by atoms with Crippen molar-refractivity contribution in [3.8, 4) is 0 Å². The smallest absolute Gasteiger partial charge is 0.00699 e.